The highest BCUT2D eigenvalue weighted by Crippen LogP contribution is 2.45. The lowest BCUT2D eigenvalue weighted by Crippen LogP contribution is -2.10. The van der Waals surface area contributed by atoms with Crippen LogP contribution in [0.1, 0.15) is 15.2 Å². The Morgan fingerprint density at radius 1 is 1.14 bits per heavy atom. The fourth-order valence-corrected chi connectivity index (χ4v) is 4.01. The predicted molar refractivity (Wildman–Crippen MR) is 109 cm³/mol. The maximum atomic E-state index is 13.3. The first-order chi connectivity index (χ1) is 13.8. The molecule has 0 amide bonds. The van der Waals surface area contributed by atoms with Crippen LogP contribution in [0.4, 0.5) is 10.1 Å². The molecule has 6 nitrogen and oxygen atoms in total. The molecule has 3 N–H and O–H groups in total. The Hall–Kier alpha value is -3.10. The number of hydrogen-bond donors (Lipinski definition) is 3. The van der Waals surface area contributed by atoms with E-state index in [1.54, 1.807) is 30.3 Å². The summed E-state index contributed by atoms with van der Waals surface area (Å²) >= 11 is 7.20. The third-order valence-electron chi connectivity index (χ3n) is 3.85. The van der Waals surface area contributed by atoms with Crippen LogP contribution < -0.4 is 10.1 Å². The number of anilines is 1. The van der Waals surface area contributed by atoms with Gasteiger partial charge in [0, 0.05) is 12.2 Å². The van der Waals surface area contributed by atoms with Crippen LogP contribution >= 0.6 is 22.9 Å². The zero-order valence-electron chi connectivity index (χ0n) is 14.8. The van der Waals surface area contributed by atoms with Crippen molar-refractivity contribution < 1.29 is 28.9 Å². The van der Waals surface area contributed by atoms with Crippen molar-refractivity contribution in [2.45, 2.75) is 6.54 Å². The molecule has 0 saturated heterocycles. The molecule has 2 aromatic carbocycles. The van der Waals surface area contributed by atoms with Crippen molar-refractivity contribution in [2.75, 3.05) is 11.9 Å². The Kier molecular flexibility index (Phi) is 6.36. The number of halogens is 2. The van der Waals surface area contributed by atoms with Crippen LogP contribution in [-0.4, -0.2) is 28.8 Å². The minimum Gasteiger partial charge on any atom is -0.479 e. The molecule has 0 saturated carbocycles. The molecule has 0 spiro atoms. The topological polar surface area (TPSA) is 95.9 Å². The van der Waals surface area contributed by atoms with Crippen molar-refractivity contribution in [1.82, 2.24) is 0 Å². The Bertz CT molecular complexity index is 1070. The molecule has 29 heavy (non-hydrogen) atoms. The molecule has 0 radical (unpaired) electrons. The van der Waals surface area contributed by atoms with E-state index in [0.29, 0.717) is 17.0 Å². The Balaban J connectivity index is 1.86. The first-order valence-corrected chi connectivity index (χ1v) is 9.53. The molecule has 3 rings (SSSR count). The number of carboxylic acids is 2. The molecule has 0 unspecified atom stereocenters. The lowest BCUT2D eigenvalue weighted by molar-refractivity contribution is -0.139. The maximum absolute atomic E-state index is 13.3. The molecule has 0 aliphatic carbocycles. The lowest BCUT2D eigenvalue weighted by Gasteiger charge is -2.09. The average molecular weight is 436 g/mol. The van der Waals surface area contributed by atoms with E-state index in [0.717, 1.165) is 22.6 Å². The van der Waals surface area contributed by atoms with Crippen molar-refractivity contribution in [1.29, 1.82) is 0 Å². The monoisotopic (exact) mass is 435 g/mol. The van der Waals surface area contributed by atoms with E-state index in [4.69, 9.17) is 21.4 Å². The molecule has 0 aliphatic rings. The predicted octanol–water partition coefficient (Wildman–Crippen LogP) is 4.98. The summed E-state index contributed by atoms with van der Waals surface area (Å²) in [5.74, 6) is -2.99. The number of carboxylic acid groups (broad SMARTS) is 2. The summed E-state index contributed by atoms with van der Waals surface area (Å²) < 4.78 is 18.4. The number of aromatic carboxylic acids is 1. The third kappa shape index (κ3) is 5.04. The van der Waals surface area contributed by atoms with Crippen LogP contribution in [0.25, 0.3) is 10.4 Å². The molecule has 0 atom stereocenters. The van der Waals surface area contributed by atoms with E-state index in [9.17, 15) is 19.1 Å². The number of hydrogen-bond acceptors (Lipinski definition) is 5. The summed E-state index contributed by atoms with van der Waals surface area (Å²) in [6.45, 7) is -0.307. The van der Waals surface area contributed by atoms with Gasteiger partial charge in [0.25, 0.3) is 0 Å². The summed E-state index contributed by atoms with van der Waals surface area (Å²) in [5, 5.41) is 21.4. The number of aliphatic carboxylic acids is 1. The largest absolute Gasteiger partial charge is 0.479 e. The van der Waals surface area contributed by atoms with Gasteiger partial charge in [-0.15, -0.1) is 11.3 Å². The molecule has 1 aromatic heterocycles. The van der Waals surface area contributed by atoms with Gasteiger partial charge in [0.05, 0.1) is 4.88 Å². The van der Waals surface area contributed by atoms with Gasteiger partial charge in [-0.1, -0.05) is 35.9 Å². The Labute approximate surface area is 174 Å². The van der Waals surface area contributed by atoms with Gasteiger partial charge >= 0.3 is 11.9 Å². The molecular weight excluding hydrogens is 421 g/mol. The standard InChI is InChI=1S/C20H15ClFNO5S/c21-16-17(28-10-15(24)25)19(20(26)27)29-18(16)12-4-2-6-14(8-12)23-9-11-3-1-5-13(22)7-11/h1-8,23H,9-10H2,(H,24,25)(H,26,27). The first-order valence-electron chi connectivity index (χ1n) is 8.34. The second kappa shape index (κ2) is 8.93. The highest BCUT2D eigenvalue weighted by atomic mass is 35.5. The van der Waals surface area contributed by atoms with Crippen LogP contribution in [-0.2, 0) is 11.3 Å². The summed E-state index contributed by atoms with van der Waals surface area (Å²) in [7, 11) is 0. The number of benzene rings is 2. The molecule has 150 valence electrons. The fraction of sp³-hybridized carbons (Fsp3) is 0.100. The van der Waals surface area contributed by atoms with Gasteiger partial charge in [0.1, 0.15) is 10.8 Å². The number of ether oxygens (including phenoxy) is 1. The minimum atomic E-state index is -1.26. The van der Waals surface area contributed by atoms with Gasteiger partial charge in [0.15, 0.2) is 17.2 Å². The van der Waals surface area contributed by atoms with Crippen LogP contribution in [0.15, 0.2) is 48.5 Å². The minimum absolute atomic E-state index is 0.0379. The molecule has 0 aliphatic heterocycles. The van der Waals surface area contributed by atoms with Gasteiger partial charge in [-0.25, -0.2) is 14.0 Å². The number of nitrogens with one attached hydrogen (secondary N) is 1. The van der Waals surface area contributed by atoms with Crippen molar-refractivity contribution in [3.8, 4) is 16.2 Å². The molecule has 9 heteroatoms. The second-order valence-corrected chi connectivity index (χ2v) is 7.35. The van der Waals surface area contributed by atoms with E-state index in [-0.39, 0.29) is 21.5 Å². The van der Waals surface area contributed by atoms with E-state index in [1.807, 2.05) is 6.07 Å². The average Bonchev–Trinajstić information content (AvgIpc) is 3.02. The molecule has 0 fully saturated rings. The van der Waals surface area contributed by atoms with Crippen molar-refractivity contribution in [2.24, 2.45) is 0 Å². The lowest BCUT2D eigenvalue weighted by atomic mass is 10.1. The van der Waals surface area contributed by atoms with Crippen molar-refractivity contribution >= 4 is 40.6 Å². The number of carbonyl (C=O) groups is 2. The van der Waals surface area contributed by atoms with Crippen LogP contribution in [0.3, 0.4) is 0 Å². The molecule has 1 heterocycles. The van der Waals surface area contributed by atoms with Gasteiger partial charge in [-0.3, -0.25) is 0 Å². The zero-order chi connectivity index (χ0) is 21.0. The van der Waals surface area contributed by atoms with Gasteiger partial charge in [-0.2, -0.15) is 0 Å². The number of thiophene rings is 1. The van der Waals surface area contributed by atoms with E-state index in [2.05, 4.69) is 5.32 Å². The Morgan fingerprint density at radius 3 is 2.59 bits per heavy atom. The summed E-state index contributed by atoms with van der Waals surface area (Å²) in [5.41, 5.74) is 2.13. The quantitative estimate of drug-likeness (QED) is 0.461. The third-order valence-corrected chi connectivity index (χ3v) is 5.53. The van der Waals surface area contributed by atoms with Crippen molar-refractivity contribution in [3.63, 3.8) is 0 Å². The first kappa shape index (κ1) is 20.6. The summed E-state index contributed by atoms with van der Waals surface area (Å²) in [6, 6.07) is 13.3. The smallest absolute Gasteiger partial charge is 0.349 e. The normalized spacial score (nSPS) is 10.6. The number of rotatable bonds is 8. The summed E-state index contributed by atoms with van der Waals surface area (Å²) in [6.07, 6.45) is 0. The summed E-state index contributed by atoms with van der Waals surface area (Å²) in [4.78, 5) is 22.5. The van der Waals surface area contributed by atoms with Crippen LogP contribution in [0, 0.1) is 5.82 Å². The van der Waals surface area contributed by atoms with Gasteiger partial charge in [-0.05, 0) is 35.4 Å². The van der Waals surface area contributed by atoms with E-state index >= 15 is 0 Å². The van der Waals surface area contributed by atoms with Crippen LogP contribution in [0.2, 0.25) is 5.02 Å². The van der Waals surface area contributed by atoms with Gasteiger partial charge < -0.3 is 20.3 Å². The second-order valence-electron chi connectivity index (χ2n) is 5.96. The fourth-order valence-electron chi connectivity index (χ4n) is 2.61. The molecular formula is C20H15ClFNO5S. The van der Waals surface area contributed by atoms with Crippen LogP contribution in [0.5, 0.6) is 5.75 Å². The zero-order valence-corrected chi connectivity index (χ0v) is 16.4. The highest BCUT2D eigenvalue weighted by molar-refractivity contribution is 7.18. The Morgan fingerprint density at radius 2 is 1.90 bits per heavy atom. The van der Waals surface area contributed by atoms with Gasteiger partial charge in [0.2, 0.25) is 0 Å². The van der Waals surface area contributed by atoms with E-state index < -0.39 is 18.5 Å². The SMILES string of the molecule is O=C(O)COc1c(C(=O)O)sc(-c2cccc(NCc3cccc(F)c3)c2)c1Cl. The van der Waals surface area contributed by atoms with E-state index in [1.165, 1.54) is 12.1 Å². The molecule has 3 aromatic rings. The van der Waals surface area contributed by atoms with Crippen molar-refractivity contribution in [3.05, 3.63) is 69.8 Å². The maximum Gasteiger partial charge on any atom is 0.349 e. The highest BCUT2D eigenvalue weighted by Gasteiger charge is 2.24. The molecule has 0 bridgehead atoms.